The first-order valence-electron chi connectivity index (χ1n) is 23.1. The molecule has 24 heteroatoms. The van der Waals surface area contributed by atoms with Crippen LogP contribution in [-0.4, -0.2) is 143 Å². The van der Waals surface area contributed by atoms with E-state index in [2.05, 4.69) is 26.6 Å². The van der Waals surface area contributed by atoms with Crippen molar-refractivity contribution in [3.05, 3.63) is 69.8 Å². The zero-order chi connectivity index (χ0) is 52.5. The van der Waals surface area contributed by atoms with E-state index in [0.29, 0.717) is 23.3 Å². The van der Waals surface area contributed by atoms with E-state index < -0.39 is 95.0 Å². The van der Waals surface area contributed by atoms with Gasteiger partial charge in [-0.1, -0.05) is 26.0 Å². The molecule has 9 N–H and O–H groups in total. The number of hydrogen-bond acceptors (Lipinski definition) is 12. The predicted octanol–water partition coefficient (Wildman–Crippen LogP) is 1.94. The minimum absolute atomic E-state index is 0.0141. The number of anilines is 2. The Balaban J connectivity index is 1.35. The quantitative estimate of drug-likeness (QED) is 0.0595. The number of aromatic nitrogens is 1. The lowest BCUT2D eigenvalue weighted by atomic mass is 10.0. The number of pyridine rings is 1. The zero-order valence-corrected chi connectivity index (χ0v) is 40.4. The van der Waals surface area contributed by atoms with Crippen LogP contribution in [0, 0.1) is 11.7 Å². The summed E-state index contributed by atoms with van der Waals surface area (Å²) in [6, 6.07) is 4.28. The molecular weight excluding hydrogens is 932 g/mol. The van der Waals surface area contributed by atoms with Crippen molar-refractivity contribution >= 4 is 75.9 Å². The summed E-state index contributed by atoms with van der Waals surface area (Å²) in [5.41, 5.74) is 5.40. The number of hydrogen-bond donors (Lipinski definition) is 8. The first-order valence-corrected chi connectivity index (χ1v) is 23.1. The maximum atomic E-state index is 15.4. The topological polar surface area (TPSA) is 321 Å². The molecule has 1 aliphatic rings. The minimum atomic E-state index is -1.41. The number of aliphatic carboxylic acids is 1. The Morgan fingerprint density at radius 2 is 1.49 bits per heavy atom. The summed E-state index contributed by atoms with van der Waals surface area (Å²) in [6.07, 6.45) is 0.202. The molecule has 1 saturated heterocycles. The molecule has 3 atom stereocenters. The average Bonchev–Trinajstić information content (AvgIpc) is 3.32. The molecule has 0 saturated carbocycles. The molecule has 0 aliphatic carbocycles. The Bertz CT molecular complexity index is 2510. The SMILES string of the molecule is CCn1cc(C(=O)O)c(=O)c2cc(F)c(N3CCN(C(=O)OCc4ccc(NC(=O)[C@H](CCCNC(N)=O)NC(=O)[C@@H](NC(=O)[C@H](CCC(=O)O)NC(=O)CCCC(=O)N(C)C)C(C)C)cc4)CC3)cc21. The molecule has 71 heavy (non-hydrogen) atoms. The number of nitrogens with two attached hydrogens (primary N) is 1. The molecule has 0 radical (unpaired) electrons. The molecule has 1 aliphatic heterocycles. The van der Waals surface area contributed by atoms with Gasteiger partial charge < -0.3 is 66.5 Å². The van der Waals surface area contributed by atoms with Gasteiger partial charge >= 0.3 is 24.1 Å². The Labute approximate surface area is 408 Å². The van der Waals surface area contributed by atoms with Crippen molar-refractivity contribution in [1.82, 2.24) is 35.6 Å². The van der Waals surface area contributed by atoms with Gasteiger partial charge in [0.15, 0.2) is 0 Å². The number of nitrogens with zero attached hydrogens (tertiary/aromatic N) is 4. The molecule has 0 bridgehead atoms. The van der Waals surface area contributed by atoms with Crippen molar-refractivity contribution < 1.29 is 62.5 Å². The zero-order valence-electron chi connectivity index (χ0n) is 40.4. The Morgan fingerprint density at radius 1 is 0.831 bits per heavy atom. The van der Waals surface area contributed by atoms with Crippen LogP contribution in [0.15, 0.2) is 47.4 Å². The maximum absolute atomic E-state index is 15.4. The maximum Gasteiger partial charge on any atom is 0.410 e. The van der Waals surface area contributed by atoms with Gasteiger partial charge in [-0.25, -0.2) is 18.8 Å². The van der Waals surface area contributed by atoms with E-state index in [0.717, 1.165) is 6.07 Å². The summed E-state index contributed by atoms with van der Waals surface area (Å²) < 4.78 is 22.5. The number of primary amides is 1. The number of nitrogens with one attached hydrogen (secondary N) is 5. The van der Waals surface area contributed by atoms with E-state index in [1.807, 2.05) is 0 Å². The summed E-state index contributed by atoms with van der Waals surface area (Å²) in [5, 5.41) is 31.6. The number of ether oxygens (including phenoxy) is 1. The fourth-order valence-corrected chi connectivity index (χ4v) is 7.60. The number of carboxylic acid groups (broad SMARTS) is 2. The first kappa shape index (κ1) is 55.8. The molecule has 0 spiro atoms. The number of fused-ring (bicyclic) bond motifs is 1. The van der Waals surface area contributed by atoms with E-state index >= 15 is 4.39 Å². The van der Waals surface area contributed by atoms with Gasteiger partial charge in [0.25, 0.3) is 0 Å². The van der Waals surface area contributed by atoms with Crippen molar-refractivity contribution in [1.29, 1.82) is 0 Å². The Morgan fingerprint density at radius 3 is 2.08 bits per heavy atom. The van der Waals surface area contributed by atoms with Gasteiger partial charge in [-0.3, -0.25) is 33.6 Å². The highest BCUT2D eigenvalue weighted by Gasteiger charge is 2.32. The van der Waals surface area contributed by atoms with Gasteiger partial charge in [0.1, 0.15) is 36.1 Å². The number of benzene rings is 2. The van der Waals surface area contributed by atoms with E-state index in [1.54, 1.807) is 68.6 Å². The van der Waals surface area contributed by atoms with Crippen molar-refractivity contribution in [2.24, 2.45) is 11.7 Å². The molecular formula is C47H63FN10O13. The molecule has 1 aromatic heterocycles. The summed E-state index contributed by atoms with van der Waals surface area (Å²) >= 11 is 0. The lowest BCUT2D eigenvalue weighted by Gasteiger charge is -2.35. The number of amides is 8. The molecule has 2 heterocycles. The largest absolute Gasteiger partial charge is 0.481 e. The van der Waals surface area contributed by atoms with Gasteiger partial charge in [-0.15, -0.1) is 0 Å². The molecule has 23 nitrogen and oxygen atoms in total. The van der Waals surface area contributed by atoms with Gasteiger partial charge in [0.05, 0.1) is 11.2 Å². The van der Waals surface area contributed by atoms with Crippen LogP contribution < -0.4 is 42.6 Å². The van der Waals surface area contributed by atoms with Gasteiger partial charge in [-0.05, 0) is 68.4 Å². The van der Waals surface area contributed by atoms with Gasteiger partial charge in [-0.2, -0.15) is 0 Å². The van der Waals surface area contributed by atoms with Crippen LogP contribution in [0.25, 0.3) is 10.9 Å². The van der Waals surface area contributed by atoms with E-state index in [9.17, 15) is 58.2 Å². The summed E-state index contributed by atoms with van der Waals surface area (Å²) in [6.45, 7) is 6.16. The molecule has 2 aromatic carbocycles. The van der Waals surface area contributed by atoms with E-state index in [-0.39, 0.29) is 94.8 Å². The number of halogens is 1. The van der Waals surface area contributed by atoms with Crippen LogP contribution in [0.5, 0.6) is 0 Å². The van der Waals surface area contributed by atoms with Crippen LogP contribution in [0.2, 0.25) is 0 Å². The van der Waals surface area contributed by atoms with Crippen LogP contribution in [0.4, 0.5) is 25.4 Å². The molecule has 386 valence electrons. The van der Waals surface area contributed by atoms with Crippen molar-refractivity contribution in [3.63, 3.8) is 0 Å². The predicted molar refractivity (Wildman–Crippen MR) is 257 cm³/mol. The molecule has 0 unspecified atom stereocenters. The second kappa shape index (κ2) is 26.3. The Kier molecular flexibility index (Phi) is 20.6. The smallest absolute Gasteiger partial charge is 0.410 e. The average molecular weight is 995 g/mol. The van der Waals surface area contributed by atoms with Gasteiger partial charge in [0, 0.05) is 89.9 Å². The second-order valence-electron chi connectivity index (χ2n) is 17.4. The molecule has 1 fully saturated rings. The highest BCUT2D eigenvalue weighted by Crippen LogP contribution is 2.27. The fraction of sp³-hybridized carbons (Fsp3) is 0.489. The third-order valence-electron chi connectivity index (χ3n) is 11.6. The lowest BCUT2D eigenvalue weighted by Crippen LogP contribution is -2.57. The number of piperazine rings is 1. The first-order chi connectivity index (χ1) is 33.6. The Hall–Kier alpha value is -7.79. The molecule has 8 amide bonds. The second-order valence-corrected chi connectivity index (χ2v) is 17.4. The number of aromatic carboxylic acids is 1. The van der Waals surface area contributed by atoms with Crippen molar-refractivity contribution in [3.8, 4) is 0 Å². The third-order valence-corrected chi connectivity index (χ3v) is 11.6. The summed E-state index contributed by atoms with van der Waals surface area (Å²) in [5.74, 6) is -6.93. The van der Waals surface area contributed by atoms with Gasteiger partial charge in [0.2, 0.25) is 35.0 Å². The number of carbonyl (C=O) groups excluding carboxylic acids is 7. The lowest BCUT2D eigenvalue weighted by molar-refractivity contribution is -0.138. The minimum Gasteiger partial charge on any atom is -0.481 e. The normalized spacial score (nSPS) is 13.6. The number of carboxylic acids is 2. The number of urea groups is 1. The monoisotopic (exact) mass is 994 g/mol. The standard InChI is InChI=1S/C47H63FN10O13/c1-6-56-25-31(45(67)68)41(63)30-23-32(48)36(24-35(30)56)57-19-21-58(22-20-57)47(70)71-26-28-12-14-29(15-13-28)51-42(64)33(9-8-18-50-46(49)69)53-44(66)40(27(2)3)54-43(65)34(16-17-39(61)62)52-37(59)10-7-11-38(60)55(4)5/h12-15,23-25,27,33-34,40H,6-11,16-22,26H2,1-5H3,(H,51,64)(H,52,59)(H,53,66)(H,54,65)(H,61,62)(H,67,68)(H3,49,50,69)/t33-,34-,40-/m0/s1. The van der Waals surface area contributed by atoms with E-state index in [1.165, 1.54) is 22.1 Å². The highest BCUT2D eigenvalue weighted by molar-refractivity contribution is 5.99. The summed E-state index contributed by atoms with van der Waals surface area (Å²) in [7, 11) is 3.14. The van der Waals surface area contributed by atoms with Crippen LogP contribution in [0.3, 0.4) is 0 Å². The van der Waals surface area contributed by atoms with Crippen LogP contribution in [0.1, 0.15) is 81.6 Å². The van der Waals surface area contributed by atoms with E-state index in [4.69, 9.17) is 10.5 Å². The summed E-state index contributed by atoms with van der Waals surface area (Å²) in [4.78, 5) is 130. The van der Waals surface area contributed by atoms with Crippen molar-refractivity contribution in [2.45, 2.75) is 97.0 Å². The number of aryl methyl sites for hydroxylation is 1. The van der Waals surface area contributed by atoms with Crippen LogP contribution in [-0.2, 0) is 46.7 Å². The molecule has 3 aromatic rings. The highest BCUT2D eigenvalue weighted by atomic mass is 19.1. The fourth-order valence-electron chi connectivity index (χ4n) is 7.60. The van der Waals surface area contributed by atoms with Crippen molar-refractivity contribution in [2.75, 3.05) is 57.0 Å². The third kappa shape index (κ3) is 16.4. The van der Waals surface area contributed by atoms with Crippen LogP contribution >= 0.6 is 0 Å². The molecule has 4 rings (SSSR count). The number of carbonyl (C=O) groups is 9. The number of rotatable bonds is 24.